The number of anilines is 3. The van der Waals surface area contributed by atoms with Crippen molar-refractivity contribution in [3.63, 3.8) is 0 Å². The van der Waals surface area contributed by atoms with Crippen LogP contribution in [0.2, 0.25) is 0 Å². The van der Waals surface area contributed by atoms with Crippen LogP contribution in [0.1, 0.15) is 62.3 Å². The van der Waals surface area contributed by atoms with Crippen LogP contribution in [0, 0.1) is 0 Å². The molecule has 18 heteroatoms. The second kappa shape index (κ2) is 18.9. The van der Waals surface area contributed by atoms with Gasteiger partial charge in [0.25, 0.3) is 0 Å². The average Bonchev–Trinajstić information content (AvgIpc) is 2.85. The zero-order chi connectivity index (χ0) is 29.2. The Labute approximate surface area is 236 Å². The van der Waals surface area contributed by atoms with E-state index in [4.69, 9.17) is 39.8 Å². The van der Waals surface area contributed by atoms with E-state index in [1.54, 1.807) is 0 Å². The Kier molecular flexibility index (Phi) is 17.3. The molecule has 0 bridgehead atoms. The molecular formula is C21H48N6O9Si3. The third kappa shape index (κ3) is 11.6. The van der Waals surface area contributed by atoms with Crippen LogP contribution in [-0.2, 0) is 39.8 Å². The molecule has 0 saturated carbocycles. The number of nitrogens with one attached hydrogen (secondary N) is 3. The van der Waals surface area contributed by atoms with Gasteiger partial charge in [-0.1, -0.05) is 0 Å². The first-order valence-corrected chi connectivity index (χ1v) is 18.8. The summed E-state index contributed by atoms with van der Waals surface area (Å²) in [5.41, 5.74) is 0. The predicted octanol–water partition coefficient (Wildman–Crippen LogP) is 2.74. The van der Waals surface area contributed by atoms with Crippen LogP contribution in [0.5, 0.6) is 0 Å². The molecule has 39 heavy (non-hydrogen) atoms. The number of nitrogens with zero attached hydrogens (tertiary/aromatic N) is 3. The Balaban J connectivity index is 3.68. The zero-order valence-corrected chi connectivity index (χ0v) is 27.9. The van der Waals surface area contributed by atoms with Gasteiger partial charge in [-0.3, -0.25) is 0 Å². The first kappa shape index (κ1) is 35.7. The van der Waals surface area contributed by atoms with Crippen LogP contribution in [0.4, 0.5) is 17.8 Å². The van der Waals surface area contributed by atoms with E-state index in [0.717, 1.165) is 0 Å². The average molecular weight is 613 g/mol. The summed E-state index contributed by atoms with van der Waals surface area (Å²) in [6.07, 6.45) is 0. The summed E-state index contributed by atoms with van der Waals surface area (Å²) in [7, 11) is -10.2. The lowest BCUT2D eigenvalue weighted by atomic mass is 10.8. The van der Waals surface area contributed by atoms with Crippen molar-refractivity contribution in [3.05, 3.63) is 0 Å². The Hall–Kier alpha value is -1.30. The number of hydrogen-bond acceptors (Lipinski definition) is 15. The fourth-order valence-corrected chi connectivity index (χ4v) is 9.34. The van der Waals surface area contributed by atoms with Gasteiger partial charge in [-0.05, 0) is 62.3 Å². The largest absolute Gasteiger partial charge is 0.633 e. The molecule has 0 amide bonds. The third-order valence-corrected chi connectivity index (χ3v) is 12.0. The van der Waals surface area contributed by atoms with Crippen molar-refractivity contribution in [2.75, 3.05) is 74.4 Å². The van der Waals surface area contributed by atoms with Gasteiger partial charge < -0.3 is 54.8 Å². The number of aromatic nitrogens is 3. The van der Waals surface area contributed by atoms with E-state index in [2.05, 4.69) is 29.9 Å². The lowest BCUT2D eigenvalue weighted by molar-refractivity contribution is 0.0778. The maximum Gasteiger partial charge on any atom is 0.633 e. The van der Waals surface area contributed by atoms with E-state index in [9.17, 15) is 0 Å². The van der Waals surface area contributed by atoms with Gasteiger partial charge in [-0.2, -0.15) is 15.0 Å². The summed E-state index contributed by atoms with van der Waals surface area (Å²) in [4.78, 5) is 23.2. The lowest BCUT2D eigenvalue weighted by Crippen LogP contribution is -2.56. The molecule has 1 aromatic heterocycles. The van der Waals surface area contributed by atoms with Crippen LogP contribution < -0.4 is 14.9 Å². The first-order valence-electron chi connectivity index (χ1n) is 13.6. The smallest absolute Gasteiger partial charge is 0.357 e. The van der Waals surface area contributed by atoms with Crippen molar-refractivity contribution in [2.45, 2.75) is 62.3 Å². The van der Waals surface area contributed by atoms with Crippen LogP contribution in [0.3, 0.4) is 0 Å². The predicted molar refractivity (Wildman–Crippen MR) is 153 cm³/mol. The molecule has 0 fully saturated rings. The molecule has 0 aliphatic heterocycles. The van der Waals surface area contributed by atoms with Crippen LogP contribution in [-0.4, -0.2) is 101 Å². The molecule has 0 aromatic carbocycles. The minimum Gasteiger partial charge on any atom is -0.357 e. The summed E-state index contributed by atoms with van der Waals surface area (Å²) >= 11 is 0. The Morgan fingerprint density at radius 2 is 0.513 bits per heavy atom. The highest BCUT2D eigenvalue weighted by Crippen LogP contribution is 2.21. The van der Waals surface area contributed by atoms with Crippen LogP contribution in [0.15, 0.2) is 0 Å². The monoisotopic (exact) mass is 612 g/mol. The minimum absolute atomic E-state index is 0.122. The van der Waals surface area contributed by atoms with E-state index >= 15 is 0 Å². The van der Waals surface area contributed by atoms with Gasteiger partial charge in [-0.15, -0.1) is 0 Å². The van der Waals surface area contributed by atoms with Gasteiger partial charge in [0.05, 0.1) is 0 Å². The Bertz CT molecular complexity index is 642. The molecule has 0 radical (unpaired) electrons. The summed E-state index contributed by atoms with van der Waals surface area (Å²) in [5, 5.41) is 0. The fraction of sp³-hybridized carbons (Fsp3) is 0.857. The minimum atomic E-state index is -3.41. The molecule has 228 valence electrons. The number of rotatable bonds is 24. The highest BCUT2D eigenvalue weighted by molar-refractivity contribution is 6.65. The molecule has 0 saturated heterocycles. The van der Waals surface area contributed by atoms with E-state index < -0.39 is 26.9 Å². The highest BCUT2D eigenvalue weighted by atomic mass is 28.4. The van der Waals surface area contributed by atoms with Crippen molar-refractivity contribution in [3.8, 4) is 0 Å². The molecule has 1 aromatic rings. The topological polar surface area (TPSA) is 158 Å². The van der Waals surface area contributed by atoms with Crippen molar-refractivity contribution in [1.29, 1.82) is 0 Å². The maximum absolute atomic E-state index is 5.94. The zero-order valence-electron chi connectivity index (χ0n) is 24.9. The number of hydrogen-bond donors (Lipinski definition) is 3. The quantitative estimate of drug-likeness (QED) is 0.146. The Morgan fingerprint density at radius 3 is 0.641 bits per heavy atom. The first-order chi connectivity index (χ1) is 18.8. The summed E-state index contributed by atoms with van der Waals surface area (Å²) in [6, 6.07) is 0. The molecule has 0 unspecified atom stereocenters. The van der Waals surface area contributed by atoms with Gasteiger partial charge in [-0.25, -0.2) is 0 Å². The summed E-state index contributed by atoms with van der Waals surface area (Å²) in [5.74, 6) is 0.366. The molecular weight excluding hydrogens is 565 g/mol. The van der Waals surface area contributed by atoms with Crippen molar-refractivity contribution in [2.24, 2.45) is 0 Å². The molecule has 1 heterocycles. The van der Waals surface area contributed by atoms with Gasteiger partial charge in [0.15, 0.2) is 0 Å². The Morgan fingerprint density at radius 1 is 0.359 bits per heavy atom. The molecule has 3 N–H and O–H groups in total. The highest BCUT2D eigenvalue weighted by Gasteiger charge is 2.47. The summed E-state index contributed by atoms with van der Waals surface area (Å²) < 4.78 is 53.4. The van der Waals surface area contributed by atoms with Crippen molar-refractivity contribution >= 4 is 44.7 Å². The van der Waals surface area contributed by atoms with Crippen LogP contribution in [0.25, 0.3) is 0 Å². The molecule has 0 atom stereocenters. The maximum atomic E-state index is 5.94. The van der Waals surface area contributed by atoms with E-state index in [1.165, 1.54) is 0 Å². The van der Waals surface area contributed by atoms with E-state index in [-0.39, 0.29) is 17.8 Å². The van der Waals surface area contributed by atoms with Crippen LogP contribution >= 0.6 is 0 Å². The standard InChI is InChI=1S/C21H48N6O9Si3/c1-10-28-37(29-11-2,30-12-3)25-19-22-20(26-38(31-13-4,32-14-5)33-15-6)24-21(23-19)27-39(34-16-7,35-17-8)36-18-9/h10-18H2,1-9H3,(H3,22,23,24,25,26,27). The summed E-state index contributed by atoms with van der Waals surface area (Å²) in [6.45, 7) is 19.9. The van der Waals surface area contributed by atoms with E-state index in [0.29, 0.717) is 59.5 Å². The molecule has 1 rings (SSSR count). The van der Waals surface area contributed by atoms with Crippen molar-refractivity contribution in [1.82, 2.24) is 15.0 Å². The molecule has 0 aliphatic carbocycles. The van der Waals surface area contributed by atoms with Gasteiger partial charge in [0.2, 0.25) is 17.8 Å². The van der Waals surface area contributed by atoms with Gasteiger partial charge >= 0.3 is 26.9 Å². The van der Waals surface area contributed by atoms with Crippen molar-refractivity contribution < 1.29 is 39.8 Å². The lowest BCUT2D eigenvalue weighted by Gasteiger charge is -2.30. The van der Waals surface area contributed by atoms with Gasteiger partial charge in [0, 0.05) is 59.5 Å². The third-order valence-electron chi connectivity index (χ3n) is 4.44. The molecule has 0 spiro atoms. The van der Waals surface area contributed by atoms with E-state index in [1.807, 2.05) is 62.3 Å². The SMILES string of the molecule is CCO[Si](Nc1nc(N[Si](OCC)(OCC)OCC)nc(N[Si](OCC)(OCC)OCC)n1)(OCC)OCC. The fourth-order valence-electron chi connectivity index (χ4n) is 3.36. The normalized spacial score (nSPS) is 12.5. The molecule has 0 aliphatic rings. The van der Waals surface area contributed by atoms with Gasteiger partial charge in [0.1, 0.15) is 0 Å². The second-order valence-electron chi connectivity index (χ2n) is 7.25. The molecule has 15 nitrogen and oxygen atoms in total. The second-order valence-corrected chi connectivity index (χ2v) is 13.9.